The Bertz CT molecular complexity index is 1250. The van der Waals surface area contributed by atoms with Crippen molar-refractivity contribution in [1.29, 1.82) is 0 Å². The quantitative estimate of drug-likeness (QED) is 0.301. The third kappa shape index (κ3) is 10.3. The Morgan fingerprint density at radius 2 is 1.61 bits per heavy atom. The zero-order valence-electron chi connectivity index (χ0n) is 27.1. The molecule has 1 aromatic rings. The van der Waals surface area contributed by atoms with Crippen molar-refractivity contribution in [2.75, 3.05) is 13.1 Å². The number of unbranched alkanes of at least 4 members (excludes halogenated alkanes) is 1. The highest BCUT2D eigenvalue weighted by Gasteiger charge is 2.42. The topological polar surface area (TPSA) is 146 Å². The van der Waals surface area contributed by atoms with Crippen molar-refractivity contribution in [2.24, 2.45) is 5.92 Å². The summed E-state index contributed by atoms with van der Waals surface area (Å²) in [6.45, 7) is 9.48. The van der Waals surface area contributed by atoms with Gasteiger partial charge in [-0.25, -0.2) is 4.79 Å². The SMILES string of the molecule is CCC(C)[C@@H]1NC(=O)[C@@H](Cc2ccc(C(F)(F)F)cc2)NC(=O)[C@H](CCCCNC(=O)OC(C)(C)C)NC(=O)[C@H]2CCCN2C1=O. The van der Waals surface area contributed by atoms with Gasteiger partial charge in [-0.3, -0.25) is 19.2 Å². The van der Waals surface area contributed by atoms with Crippen LogP contribution in [0.25, 0.3) is 0 Å². The molecule has 14 heteroatoms. The Morgan fingerprint density at radius 3 is 2.22 bits per heavy atom. The number of halogens is 3. The molecule has 2 fully saturated rings. The molecule has 4 N–H and O–H groups in total. The first-order valence-corrected chi connectivity index (χ1v) is 15.8. The fraction of sp³-hybridized carbons (Fsp3) is 0.656. The van der Waals surface area contributed by atoms with Gasteiger partial charge in [-0.1, -0.05) is 32.4 Å². The maximum Gasteiger partial charge on any atom is 0.416 e. The van der Waals surface area contributed by atoms with E-state index in [0.717, 1.165) is 12.1 Å². The van der Waals surface area contributed by atoms with Gasteiger partial charge in [0.2, 0.25) is 23.6 Å². The number of alkyl carbamates (subject to hydrolysis) is 1. The summed E-state index contributed by atoms with van der Waals surface area (Å²) in [5.41, 5.74) is -1.15. The Morgan fingerprint density at radius 1 is 0.978 bits per heavy atom. The molecule has 0 aromatic heterocycles. The zero-order chi connectivity index (χ0) is 34.2. The Balaban J connectivity index is 1.84. The molecule has 0 bridgehead atoms. The van der Waals surface area contributed by atoms with E-state index in [2.05, 4.69) is 21.3 Å². The van der Waals surface area contributed by atoms with Gasteiger partial charge in [-0.05, 0) is 76.5 Å². The lowest BCUT2D eigenvalue weighted by atomic mass is 9.95. The first-order chi connectivity index (χ1) is 21.5. The smallest absolute Gasteiger partial charge is 0.416 e. The molecule has 46 heavy (non-hydrogen) atoms. The zero-order valence-corrected chi connectivity index (χ0v) is 27.1. The van der Waals surface area contributed by atoms with Gasteiger partial charge in [0.05, 0.1) is 5.56 Å². The van der Waals surface area contributed by atoms with E-state index in [9.17, 15) is 37.1 Å². The number of hydrogen-bond donors (Lipinski definition) is 4. The molecule has 11 nitrogen and oxygen atoms in total. The number of carbonyl (C=O) groups excluding carboxylic acids is 5. The molecule has 1 aromatic carbocycles. The van der Waals surface area contributed by atoms with E-state index < -0.39 is 71.2 Å². The van der Waals surface area contributed by atoms with Gasteiger partial charge in [0.15, 0.2) is 0 Å². The molecular weight excluding hydrogens is 607 g/mol. The predicted molar refractivity (Wildman–Crippen MR) is 163 cm³/mol. The van der Waals surface area contributed by atoms with Crippen molar-refractivity contribution in [3.05, 3.63) is 35.4 Å². The molecule has 2 saturated heterocycles. The number of nitrogens with one attached hydrogen (secondary N) is 4. The average Bonchev–Trinajstić information content (AvgIpc) is 3.46. The van der Waals surface area contributed by atoms with Crippen LogP contribution < -0.4 is 21.3 Å². The lowest BCUT2D eigenvalue weighted by Gasteiger charge is -2.34. The maximum absolute atomic E-state index is 13.8. The Hall–Kier alpha value is -3.84. The van der Waals surface area contributed by atoms with Gasteiger partial charge >= 0.3 is 12.3 Å². The molecule has 256 valence electrons. The van der Waals surface area contributed by atoms with E-state index in [4.69, 9.17) is 4.74 Å². The monoisotopic (exact) mass is 653 g/mol. The largest absolute Gasteiger partial charge is 0.444 e. The van der Waals surface area contributed by atoms with E-state index in [1.807, 2.05) is 6.92 Å². The number of benzene rings is 1. The highest BCUT2D eigenvalue weighted by Crippen LogP contribution is 2.29. The Labute approximate surface area is 267 Å². The van der Waals surface area contributed by atoms with Crippen LogP contribution in [-0.2, 0) is 36.5 Å². The molecule has 5 atom stereocenters. The summed E-state index contributed by atoms with van der Waals surface area (Å²) in [6.07, 6.45) is -2.71. The second-order valence-corrected chi connectivity index (χ2v) is 13.0. The van der Waals surface area contributed by atoms with Gasteiger partial charge in [-0.2, -0.15) is 13.2 Å². The maximum atomic E-state index is 13.8. The van der Waals surface area contributed by atoms with Gasteiger partial charge in [0.1, 0.15) is 29.8 Å². The molecule has 2 aliphatic heterocycles. The number of carbonyl (C=O) groups is 5. The highest BCUT2D eigenvalue weighted by molar-refractivity contribution is 5.98. The summed E-state index contributed by atoms with van der Waals surface area (Å²) >= 11 is 0. The van der Waals surface area contributed by atoms with Gasteiger partial charge in [0.25, 0.3) is 0 Å². The van der Waals surface area contributed by atoms with Crippen LogP contribution >= 0.6 is 0 Å². The number of rotatable bonds is 9. The fourth-order valence-corrected chi connectivity index (χ4v) is 5.48. The summed E-state index contributed by atoms with van der Waals surface area (Å²) < 4.78 is 44.6. The summed E-state index contributed by atoms with van der Waals surface area (Å²) in [4.78, 5) is 68.0. The van der Waals surface area contributed by atoms with Crippen molar-refractivity contribution in [1.82, 2.24) is 26.2 Å². The number of alkyl halides is 3. The van der Waals surface area contributed by atoms with Crippen molar-refractivity contribution in [2.45, 2.75) is 116 Å². The lowest BCUT2D eigenvalue weighted by Crippen LogP contribution is -2.62. The van der Waals surface area contributed by atoms with E-state index in [1.165, 1.54) is 17.0 Å². The normalized spacial score (nSPS) is 23.7. The molecule has 2 aliphatic rings. The molecule has 3 rings (SSSR count). The summed E-state index contributed by atoms with van der Waals surface area (Å²) in [5, 5.41) is 10.9. The van der Waals surface area contributed by atoms with E-state index in [1.54, 1.807) is 27.7 Å². The van der Waals surface area contributed by atoms with Gasteiger partial charge in [-0.15, -0.1) is 0 Å². The second kappa shape index (κ2) is 15.6. The highest BCUT2D eigenvalue weighted by atomic mass is 19.4. The third-order valence-electron chi connectivity index (χ3n) is 8.19. The molecule has 1 unspecified atom stereocenters. The summed E-state index contributed by atoms with van der Waals surface area (Å²) in [7, 11) is 0. The number of hydrogen-bond acceptors (Lipinski definition) is 6. The van der Waals surface area contributed by atoms with Crippen LogP contribution in [0.5, 0.6) is 0 Å². The van der Waals surface area contributed by atoms with E-state index in [-0.39, 0.29) is 25.3 Å². The van der Waals surface area contributed by atoms with Crippen LogP contribution in [0, 0.1) is 5.92 Å². The Kier molecular flexibility index (Phi) is 12.4. The van der Waals surface area contributed by atoms with Crippen molar-refractivity contribution >= 4 is 29.7 Å². The molecule has 2 heterocycles. The van der Waals surface area contributed by atoms with Crippen LogP contribution in [0.2, 0.25) is 0 Å². The lowest BCUT2D eigenvalue weighted by molar-refractivity contribution is -0.144. The van der Waals surface area contributed by atoms with Crippen molar-refractivity contribution in [3.63, 3.8) is 0 Å². The van der Waals surface area contributed by atoms with Crippen molar-refractivity contribution < 1.29 is 41.9 Å². The van der Waals surface area contributed by atoms with Crippen LogP contribution in [0.15, 0.2) is 24.3 Å². The van der Waals surface area contributed by atoms with E-state index >= 15 is 0 Å². The number of amides is 5. The molecule has 0 radical (unpaired) electrons. The van der Waals surface area contributed by atoms with E-state index in [0.29, 0.717) is 44.2 Å². The van der Waals surface area contributed by atoms with Crippen LogP contribution in [0.3, 0.4) is 0 Å². The minimum atomic E-state index is -4.54. The van der Waals surface area contributed by atoms with Crippen LogP contribution in [-0.4, -0.2) is 77.5 Å². The third-order valence-corrected chi connectivity index (χ3v) is 8.19. The second-order valence-electron chi connectivity index (χ2n) is 13.0. The summed E-state index contributed by atoms with van der Waals surface area (Å²) in [6, 6.07) is 0.191. The molecule has 0 spiro atoms. The minimum absolute atomic E-state index is 0.149. The van der Waals surface area contributed by atoms with Crippen LogP contribution in [0.4, 0.5) is 18.0 Å². The van der Waals surface area contributed by atoms with Gasteiger partial charge in [0, 0.05) is 19.5 Å². The van der Waals surface area contributed by atoms with Gasteiger partial charge < -0.3 is 30.9 Å². The standard InChI is InChI=1S/C32H46F3N5O6/c1-6-19(2)25-29(44)40-17-9-11-24(40)28(43)37-22(10-7-8-16-36-30(45)46-31(3,4)5)26(41)38-23(27(42)39-25)18-20-12-14-21(15-13-20)32(33,34)35/h12-15,19,22-25H,6-11,16-18H2,1-5H3,(H,36,45)(H,37,43)(H,38,41)(H,39,42)/t19?,22-,23+,24+,25-/m0/s1. The number of nitrogens with zero attached hydrogens (tertiary/aromatic N) is 1. The predicted octanol–water partition coefficient (Wildman–Crippen LogP) is 3.45. The minimum Gasteiger partial charge on any atom is -0.444 e. The number of fused-ring (bicyclic) bond motifs is 1. The first-order valence-electron chi connectivity index (χ1n) is 15.8. The average molecular weight is 654 g/mol. The molecule has 0 aliphatic carbocycles. The fourth-order valence-electron chi connectivity index (χ4n) is 5.48. The van der Waals surface area contributed by atoms with Crippen molar-refractivity contribution in [3.8, 4) is 0 Å². The number of ether oxygens (including phenoxy) is 1. The van der Waals surface area contributed by atoms with Crippen LogP contribution in [0.1, 0.15) is 84.3 Å². The first kappa shape index (κ1) is 36.6. The molecule has 5 amide bonds. The molecule has 0 saturated carbocycles. The summed E-state index contributed by atoms with van der Waals surface area (Å²) in [5.74, 6) is -2.47. The molecular formula is C32H46F3N5O6.